The largest absolute Gasteiger partial charge is 0.460 e. The lowest BCUT2D eigenvalue weighted by molar-refractivity contribution is -0.152. The summed E-state index contributed by atoms with van der Waals surface area (Å²) in [6.45, 7) is 4.10. The lowest BCUT2D eigenvalue weighted by Crippen LogP contribution is -2.44. The first-order chi connectivity index (χ1) is 22.7. The zero-order chi connectivity index (χ0) is 32.8. The molecule has 6 rings (SSSR count). The molecule has 252 valence electrons. The molecule has 3 atom stereocenters. The SMILES string of the molecule is O=C(OCc1ccccc1)[C@@H](CC1CCC1)N1C[C@H](CN2CCC(CCC(F)(F)c3ccc(F)cc3)CC2)[C@@H](c2cccc(F)c2)C1. The predicted octanol–water partition coefficient (Wildman–Crippen LogP) is 8.57. The van der Waals surface area contributed by atoms with Gasteiger partial charge in [-0.15, -0.1) is 0 Å². The number of nitrogens with zero attached hydrogens (tertiary/aromatic N) is 2. The van der Waals surface area contributed by atoms with Crippen LogP contribution in [0.15, 0.2) is 78.9 Å². The van der Waals surface area contributed by atoms with Crippen molar-refractivity contribution >= 4 is 5.97 Å². The summed E-state index contributed by atoms with van der Waals surface area (Å²) in [5.74, 6) is -2.93. The number of hydrogen-bond donors (Lipinski definition) is 0. The summed E-state index contributed by atoms with van der Waals surface area (Å²) >= 11 is 0. The van der Waals surface area contributed by atoms with Gasteiger partial charge in [0.15, 0.2) is 0 Å². The molecule has 8 heteroatoms. The summed E-state index contributed by atoms with van der Waals surface area (Å²) in [6, 6.07) is 20.8. The second-order valence-corrected chi connectivity index (χ2v) is 14.0. The summed E-state index contributed by atoms with van der Waals surface area (Å²) in [6.07, 6.45) is 6.12. The van der Waals surface area contributed by atoms with Crippen LogP contribution in [0.25, 0.3) is 0 Å². The number of alkyl halides is 2. The Bertz CT molecular complexity index is 1440. The minimum atomic E-state index is -2.98. The third-order valence-electron chi connectivity index (χ3n) is 10.8. The number of piperidine rings is 1. The van der Waals surface area contributed by atoms with Crippen LogP contribution in [0.2, 0.25) is 0 Å². The van der Waals surface area contributed by atoms with E-state index in [4.69, 9.17) is 4.74 Å². The number of carbonyl (C=O) groups excluding carboxylic acids is 1. The minimum Gasteiger partial charge on any atom is -0.460 e. The van der Waals surface area contributed by atoms with E-state index in [1.54, 1.807) is 12.1 Å². The molecule has 0 N–H and O–H groups in total. The van der Waals surface area contributed by atoms with Gasteiger partial charge in [-0.05, 0) is 91.9 Å². The number of likely N-dealkylation sites (tertiary alicyclic amines) is 2. The van der Waals surface area contributed by atoms with E-state index in [1.807, 2.05) is 36.4 Å². The summed E-state index contributed by atoms with van der Waals surface area (Å²) < 4.78 is 63.2. The van der Waals surface area contributed by atoms with Gasteiger partial charge in [0.2, 0.25) is 0 Å². The van der Waals surface area contributed by atoms with Gasteiger partial charge in [0.05, 0.1) is 0 Å². The van der Waals surface area contributed by atoms with Crippen molar-refractivity contribution in [2.45, 2.75) is 75.9 Å². The molecule has 3 aromatic carbocycles. The van der Waals surface area contributed by atoms with E-state index in [-0.39, 0.29) is 54.2 Å². The molecule has 0 aromatic heterocycles. The maximum atomic E-state index is 14.8. The molecule has 2 saturated heterocycles. The van der Waals surface area contributed by atoms with Gasteiger partial charge < -0.3 is 9.64 Å². The van der Waals surface area contributed by atoms with Gasteiger partial charge in [0.1, 0.15) is 24.3 Å². The first-order valence-corrected chi connectivity index (χ1v) is 17.3. The molecule has 1 aliphatic carbocycles. The second kappa shape index (κ2) is 15.3. The third-order valence-corrected chi connectivity index (χ3v) is 10.8. The number of ether oxygens (including phenoxy) is 1. The summed E-state index contributed by atoms with van der Waals surface area (Å²) in [5, 5.41) is 0. The van der Waals surface area contributed by atoms with Crippen LogP contribution in [0.3, 0.4) is 0 Å². The lowest BCUT2D eigenvalue weighted by Gasteiger charge is -2.35. The quantitative estimate of drug-likeness (QED) is 0.137. The van der Waals surface area contributed by atoms with E-state index >= 15 is 0 Å². The van der Waals surface area contributed by atoms with Gasteiger partial charge in [-0.2, -0.15) is 0 Å². The Morgan fingerprint density at radius 2 is 1.60 bits per heavy atom. The Labute approximate surface area is 276 Å². The van der Waals surface area contributed by atoms with Crippen LogP contribution in [0.1, 0.15) is 74.0 Å². The second-order valence-electron chi connectivity index (χ2n) is 14.0. The molecule has 2 heterocycles. The van der Waals surface area contributed by atoms with Gasteiger partial charge in [-0.25, -0.2) is 17.6 Å². The van der Waals surface area contributed by atoms with Crippen molar-refractivity contribution < 1.29 is 27.1 Å². The Morgan fingerprint density at radius 1 is 0.851 bits per heavy atom. The van der Waals surface area contributed by atoms with Crippen molar-refractivity contribution in [1.82, 2.24) is 9.80 Å². The Kier molecular flexibility index (Phi) is 11.0. The zero-order valence-corrected chi connectivity index (χ0v) is 27.0. The molecule has 3 aromatic rings. The fourth-order valence-electron chi connectivity index (χ4n) is 7.74. The first kappa shape index (κ1) is 33.7. The standard InChI is InChI=1S/C39H46F4N2O2/c40-34-14-12-33(13-15-34)39(42,43)19-16-28-17-20-44(21-18-28)24-32-25-45(26-36(32)31-10-5-11-35(41)23-31)37(22-29-8-4-9-29)38(46)47-27-30-6-2-1-3-7-30/h1-3,5-7,10-15,23,28-29,32,36-37H,4,8-9,16-22,24-27H2/t32-,36+,37+/m0/s1. The normalized spacial score (nSPS) is 22.2. The average Bonchev–Trinajstić information content (AvgIpc) is 3.46. The third kappa shape index (κ3) is 8.82. The van der Waals surface area contributed by atoms with Gasteiger partial charge in [-0.1, -0.05) is 73.9 Å². The highest BCUT2D eigenvalue weighted by molar-refractivity contribution is 5.76. The molecule has 3 aliphatic rings. The predicted molar refractivity (Wildman–Crippen MR) is 175 cm³/mol. The molecule has 47 heavy (non-hydrogen) atoms. The van der Waals surface area contributed by atoms with Crippen LogP contribution in [-0.2, 0) is 22.1 Å². The number of esters is 1. The maximum absolute atomic E-state index is 14.8. The van der Waals surface area contributed by atoms with E-state index in [0.717, 1.165) is 81.5 Å². The molecule has 1 saturated carbocycles. The summed E-state index contributed by atoms with van der Waals surface area (Å²) in [5.41, 5.74) is 1.78. The molecule has 0 spiro atoms. The number of hydrogen-bond acceptors (Lipinski definition) is 4. The van der Waals surface area contributed by atoms with E-state index in [1.165, 1.54) is 24.6 Å². The van der Waals surface area contributed by atoms with Crippen LogP contribution in [0.4, 0.5) is 17.6 Å². The van der Waals surface area contributed by atoms with Crippen LogP contribution < -0.4 is 0 Å². The van der Waals surface area contributed by atoms with Crippen LogP contribution in [0.5, 0.6) is 0 Å². The highest BCUT2D eigenvalue weighted by atomic mass is 19.3. The zero-order valence-electron chi connectivity index (χ0n) is 27.0. The summed E-state index contributed by atoms with van der Waals surface area (Å²) in [7, 11) is 0. The Hall–Kier alpha value is -3.23. The monoisotopic (exact) mass is 650 g/mol. The van der Waals surface area contributed by atoms with Crippen molar-refractivity contribution in [1.29, 1.82) is 0 Å². The topological polar surface area (TPSA) is 32.8 Å². The van der Waals surface area contributed by atoms with E-state index in [0.29, 0.717) is 18.9 Å². The van der Waals surface area contributed by atoms with E-state index < -0.39 is 11.7 Å². The molecular weight excluding hydrogens is 604 g/mol. The fourth-order valence-corrected chi connectivity index (χ4v) is 7.74. The number of rotatable bonds is 13. The first-order valence-electron chi connectivity index (χ1n) is 17.3. The number of carbonyl (C=O) groups is 1. The van der Waals surface area contributed by atoms with Crippen molar-refractivity contribution in [2.75, 3.05) is 32.7 Å². The average molecular weight is 651 g/mol. The molecule has 0 unspecified atom stereocenters. The maximum Gasteiger partial charge on any atom is 0.323 e. The fraction of sp³-hybridized carbons (Fsp3) is 0.513. The Balaban J connectivity index is 1.09. The van der Waals surface area contributed by atoms with Crippen molar-refractivity contribution in [2.24, 2.45) is 17.8 Å². The number of halogens is 4. The van der Waals surface area contributed by atoms with Crippen molar-refractivity contribution in [3.63, 3.8) is 0 Å². The van der Waals surface area contributed by atoms with Crippen LogP contribution in [-0.4, -0.2) is 54.5 Å². The highest BCUT2D eigenvalue weighted by Gasteiger charge is 2.42. The van der Waals surface area contributed by atoms with E-state index in [2.05, 4.69) is 9.80 Å². The van der Waals surface area contributed by atoms with E-state index in [9.17, 15) is 22.4 Å². The lowest BCUT2D eigenvalue weighted by atomic mass is 9.80. The van der Waals surface area contributed by atoms with Crippen molar-refractivity contribution in [3.8, 4) is 0 Å². The van der Waals surface area contributed by atoms with Crippen molar-refractivity contribution in [3.05, 3.63) is 107 Å². The minimum absolute atomic E-state index is 0.0728. The smallest absolute Gasteiger partial charge is 0.323 e. The number of benzene rings is 3. The summed E-state index contributed by atoms with van der Waals surface area (Å²) in [4.78, 5) is 18.4. The van der Waals surface area contributed by atoms with Gasteiger partial charge in [0.25, 0.3) is 5.92 Å². The van der Waals surface area contributed by atoms with Gasteiger partial charge >= 0.3 is 5.97 Å². The molecule has 0 radical (unpaired) electrons. The molecule has 3 fully saturated rings. The molecular formula is C39H46F4N2O2. The van der Waals surface area contributed by atoms with Crippen LogP contribution in [0, 0.1) is 29.4 Å². The Morgan fingerprint density at radius 3 is 2.28 bits per heavy atom. The molecule has 0 amide bonds. The molecule has 4 nitrogen and oxygen atoms in total. The molecule has 2 aliphatic heterocycles. The highest BCUT2D eigenvalue weighted by Crippen LogP contribution is 2.40. The van der Waals surface area contributed by atoms with Gasteiger partial charge in [0, 0.05) is 37.5 Å². The van der Waals surface area contributed by atoms with Gasteiger partial charge in [-0.3, -0.25) is 9.69 Å². The van der Waals surface area contributed by atoms with Crippen LogP contribution >= 0.6 is 0 Å². The molecule has 0 bridgehead atoms.